The molecule has 3 heterocycles. The zero-order valence-corrected chi connectivity index (χ0v) is 20.0. The van der Waals surface area contributed by atoms with E-state index in [9.17, 15) is 9.50 Å². The number of aliphatic hydroxyl groups is 1. The molecule has 6 heteroatoms. The second-order valence-corrected chi connectivity index (χ2v) is 10.3. The molecule has 0 amide bonds. The van der Waals surface area contributed by atoms with Gasteiger partial charge in [-0.2, -0.15) is 9.61 Å². The molecule has 6 rings (SSSR count). The van der Waals surface area contributed by atoms with Crippen LogP contribution in [0.25, 0.3) is 39.1 Å². The Kier molecular flexibility index (Phi) is 4.97. The Balaban J connectivity index is 1.54. The van der Waals surface area contributed by atoms with E-state index < -0.39 is 5.60 Å². The van der Waals surface area contributed by atoms with Crippen molar-refractivity contribution in [2.45, 2.75) is 51.0 Å². The fraction of sp³-hybridized carbons (Fsp3) is 0.276. The van der Waals surface area contributed by atoms with Gasteiger partial charge in [0.05, 0.1) is 17.0 Å². The van der Waals surface area contributed by atoms with Crippen molar-refractivity contribution < 1.29 is 9.50 Å². The Hall–Kier alpha value is -3.64. The van der Waals surface area contributed by atoms with Crippen LogP contribution >= 0.6 is 0 Å². The topological polar surface area (TPSA) is 63.3 Å². The molecule has 1 saturated carbocycles. The maximum Gasteiger partial charge on any atom is 0.165 e. The summed E-state index contributed by atoms with van der Waals surface area (Å²) in [6, 6.07) is 19.0. The molecule has 0 radical (unpaired) electrons. The van der Waals surface area contributed by atoms with Crippen molar-refractivity contribution in [3.8, 4) is 22.4 Å². The number of hydrogen-bond acceptors (Lipinski definition) is 4. The highest BCUT2D eigenvalue weighted by Crippen LogP contribution is 2.45. The summed E-state index contributed by atoms with van der Waals surface area (Å²) in [6.45, 7) is 6.08. The van der Waals surface area contributed by atoms with Crippen LogP contribution in [0.3, 0.4) is 0 Å². The van der Waals surface area contributed by atoms with Gasteiger partial charge < -0.3 is 5.11 Å². The van der Waals surface area contributed by atoms with Gasteiger partial charge in [0.1, 0.15) is 5.82 Å². The molecule has 1 fully saturated rings. The smallest absolute Gasteiger partial charge is 0.165 e. The average Bonchev–Trinajstić information content (AvgIpc) is 3.28. The van der Waals surface area contributed by atoms with Crippen molar-refractivity contribution in [1.82, 2.24) is 19.6 Å². The van der Waals surface area contributed by atoms with Crippen LogP contribution in [0.1, 0.15) is 56.7 Å². The summed E-state index contributed by atoms with van der Waals surface area (Å²) in [5.74, 6) is 0.334. The van der Waals surface area contributed by atoms with Crippen LogP contribution in [-0.4, -0.2) is 30.3 Å². The van der Waals surface area contributed by atoms with Gasteiger partial charge in [0, 0.05) is 34.3 Å². The first-order valence-electron chi connectivity index (χ1n) is 12.1. The third kappa shape index (κ3) is 3.78. The van der Waals surface area contributed by atoms with Crippen molar-refractivity contribution in [1.29, 1.82) is 0 Å². The van der Waals surface area contributed by atoms with Gasteiger partial charge in [-0.15, -0.1) is 0 Å². The Morgan fingerprint density at radius 3 is 2.46 bits per heavy atom. The molecule has 1 aliphatic rings. The molecule has 2 aromatic carbocycles. The van der Waals surface area contributed by atoms with Crippen LogP contribution in [0.15, 0.2) is 66.9 Å². The fourth-order valence-electron chi connectivity index (χ4n) is 5.09. The van der Waals surface area contributed by atoms with Crippen LogP contribution in [0, 0.1) is 5.82 Å². The van der Waals surface area contributed by atoms with Crippen molar-refractivity contribution in [3.05, 3.63) is 83.9 Å². The highest BCUT2D eigenvalue weighted by molar-refractivity contribution is 5.90. The molecule has 0 bridgehead atoms. The zero-order valence-electron chi connectivity index (χ0n) is 20.0. The van der Waals surface area contributed by atoms with Crippen LogP contribution in [0.4, 0.5) is 4.39 Å². The molecular weight excluding hydrogens is 439 g/mol. The lowest BCUT2D eigenvalue weighted by atomic mass is 9.69. The Morgan fingerprint density at radius 2 is 1.77 bits per heavy atom. The number of fused-ring (bicyclic) bond motifs is 3. The van der Waals surface area contributed by atoms with Crippen molar-refractivity contribution >= 4 is 16.7 Å². The van der Waals surface area contributed by atoms with E-state index in [0.29, 0.717) is 28.4 Å². The number of pyridine rings is 1. The fourth-order valence-corrected chi connectivity index (χ4v) is 5.09. The first-order chi connectivity index (χ1) is 16.8. The lowest BCUT2D eigenvalue weighted by Gasteiger charge is -2.41. The molecule has 5 nitrogen and oxygen atoms in total. The molecule has 1 aliphatic carbocycles. The maximum atomic E-state index is 14.9. The Labute approximate surface area is 203 Å². The number of benzene rings is 2. The van der Waals surface area contributed by atoms with Crippen LogP contribution in [-0.2, 0) is 0 Å². The maximum absolute atomic E-state index is 14.9. The van der Waals surface area contributed by atoms with Gasteiger partial charge in [-0.3, -0.25) is 0 Å². The summed E-state index contributed by atoms with van der Waals surface area (Å²) >= 11 is 0. The highest BCUT2D eigenvalue weighted by Gasteiger charge is 2.38. The molecule has 0 saturated heterocycles. The summed E-state index contributed by atoms with van der Waals surface area (Å²) in [7, 11) is 0. The molecule has 5 aromatic rings. The van der Waals surface area contributed by atoms with Crippen LogP contribution in [0.2, 0.25) is 0 Å². The lowest BCUT2D eigenvalue weighted by molar-refractivity contribution is -0.0313. The molecule has 0 aliphatic heterocycles. The van der Waals surface area contributed by atoms with E-state index in [1.54, 1.807) is 22.8 Å². The number of aromatic nitrogens is 4. The van der Waals surface area contributed by atoms with Crippen molar-refractivity contribution in [3.63, 3.8) is 0 Å². The summed E-state index contributed by atoms with van der Waals surface area (Å²) in [4.78, 5) is 9.63. The highest BCUT2D eigenvalue weighted by atomic mass is 19.1. The molecular formula is C29H27FN4O. The van der Waals surface area contributed by atoms with Crippen LogP contribution in [0.5, 0.6) is 0 Å². The van der Waals surface area contributed by atoms with E-state index in [2.05, 4.69) is 31.0 Å². The third-order valence-electron chi connectivity index (χ3n) is 7.06. The van der Waals surface area contributed by atoms with E-state index >= 15 is 0 Å². The average molecular weight is 467 g/mol. The Morgan fingerprint density at radius 1 is 1.03 bits per heavy atom. The normalized spacial score (nSPS) is 20.0. The lowest BCUT2D eigenvalue weighted by Crippen LogP contribution is -2.39. The molecule has 0 spiro atoms. The minimum atomic E-state index is -0.570. The minimum Gasteiger partial charge on any atom is -0.390 e. The van der Waals surface area contributed by atoms with Gasteiger partial charge in [-0.1, -0.05) is 56.3 Å². The van der Waals surface area contributed by atoms with Gasteiger partial charge in [-0.25, -0.2) is 14.4 Å². The molecule has 3 aromatic heterocycles. The monoisotopic (exact) mass is 466 g/mol. The third-order valence-corrected chi connectivity index (χ3v) is 7.06. The van der Waals surface area contributed by atoms with Gasteiger partial charge in [-0.05, 0) is 49.3 Å². The first kappa shape index (κ1) is 21.9. The van der Waals surface area contributed by atoms with E-state index in [-0.39, 0.29) is 11.7 Å². The van der Waals surface area contributed by atoms with Crippen molar-refractivity contribution in [2.24, 2.45) is 0 Å². The standard InChI is InChI=1S/C29H27FN4O/c1-17(2)25-13-26-31-16-20-12-23(22-6-4-5-7-24(22)30)27(32-28(20)34(26)33-25)19-10-8-18(9-11-19)21-14-29(3,35)15-21/h4-13,16-17,21,35H,14-15H2,1-3H3. The van der Waals surface area contributed by atoms with Gasteiger partial charge in [0.15, 0.2) is 11.3 Å². The SMILES string of the molecule is CC(C)c1cc2ncc3cc(-c4ccccc4F)c(-c4ccc(C5CC(C)(O)C5)cc4)nc3n2n1. The molecule has 1 N–H and O–H groups in total. The first-order valence-corrected chi connectivity index (χ1v) is 12.1. The van der Waals surface area contributed by atoms with E-state index in [4.69, 9.17) is 10.1 Å². The largest absolute Gasteiger partial charge is 0.390 e. The minimum absolute atomic E-state index is 0.267. The second kappa shape index (κ2) is 7.95. The predicted octanol–water partition coefficient (Wildman–Crippen LogP) is 6.50. The van der Waals surface area contributed by atoms with E-state index in [1.165, 1.54) is 11.6 Å². The second-order valence-electron chi connectivity index (χ2n) is 10.3. The summed E-state index contributed by atoms with van der Waals surface area (Å²) < 4.78 is 16.7. The summed E-state index contributed by atoms with van der Waals surface area (Å²) in [6.07, 6.45) is 3.32. The zero-order chi connectivity index (χ0) is 24.3. The molecule has 176 valence electrons. The van der Waals surface area contributed by atoms with Gasteiger partial charge in [0.25, 0.3) is 0 Å². The van der Waals surface area contributed by atoms with Gasteiger partial charge >= 0.3 is 0 Å². The van der Waals surface area contributed by atoms with E-state index in [0.717, 1.165) is 35.1 Å². The van der Waals surface area contributed by atoms with E-state index in [1.807, 2.05) is 37.3 Å². The van der Waals surface area contributed by atoms with Gasteiger partial charge in [0.2, 0.25) is 0 Å². The number of rotatable bonds is 4. The Bertz CT molecular complexity index is 1560. The molecule has 0 atom stereocenters. The van der Waals surface area contributed by atoms with Crippen LogP contribution < -0.4 is 0 Å². The number of nitrogens with zero attached hydrogens (tertiary/aromatic N) is 4. The number of hydrogen-bond donors (Lipinski definition) is 1. The number of halogens is 1. The van der Waals surface area contributed by atoms with Crippen molar-refractivity contribution in [2.75, 3.05) is 0 Å². The summed E-state index contributed by atoms with van der Waals surface area (Å²) in [5.41, 5.74) is 5.83. The molecule has 35 heavy (non-hydrogen) atoms. The predicted molar refractivity (Wildman–Crippen MR) is 136 cm³/mol. The summed E-state index contributed by atoms with van der Waals surface area (Å²) in [5, 5.41) is 15.7. The quantitative estimate of drug-likeness (QED) is 0.328. The molecule has 0 unspecified atom stereocenters.